The fourth-order valence-corrected chi connectivity index (χ4v) is 11.7. The standard InChI is InChI=1S/C7H16O10S3Si.Na/c1-21(2,17-5-6-18(8,9)10)7-19(11,12)15-3-4-16-20(7,13)14;/h7H,3-6H2,1-2H3,(H,8,9,10);. The normalized spacial score (nSPS) is 22.5. The van der Waals surface area contributed by atoms with Gasteiger partial charge >= 0.3 is 0 Å². The number of hydrogen-bond donors (Lipinski definition) is 1. The van der Waals surface area contributed by atoms with Gasteiger partial charge in [-0.15, -0.1) is 0 Å². The molecule has 1 radical (unpaired) electrons. The summed E-state index contributed by atoms with van der Waals surface area (Å²) in [5.41, 5.74) is 0. The van der Waals surface area contributed by atoms with Gasteiger partial charge in [-0.1, -0.05) is 0 Å². The molecule has 10 nitrogen and oxygen atoms in total. The van der Waals surface area contributed by atoms with Crippen LogP contribution in [0.1, 0.15) is 0 Å². The first-order valence-corrected chi connectivity index (χ1v) is 13.2. The molecule has 0 unspecified atom stereocenters. The van der Waals surface area contributed by atoms with E-state index in [0.717, 1.165) is 0 Å². The molecule has 0 aliphatic carbocycles. The Morgan fingerprint density at radius 3 is 1.91 bits per heavy atom. The molecule has 0 spiro atoms. The minimum absolute atomic E-state index is 0. The van der Waals surface area contributed by atoms with Gasteiger partial charge in [-0.3, -0.25) is 12.9 Å². The van der Waals surface area contributed by atoms with Crippen molar-refractivity contribution < 1.29 is 42.6 Å². The van der Waals surface area contributed by atoms with Crippen LogP contribution in [0.3, 0.4) is 0 Å². The zero-order valence-corrected chi connectivity index (χ0v) is 17.7. The molecule has 127 valence electrons. The number of hydrogen-bond acceptors (Lipinski definition) is 9. The van der Waals surface area contributed by atoms with Crippen molar-refractivity contribution in [1.29, 1.82) is 0 Å². The molecule has 1 aliphatic heterocycles. The Morgan fingerprint density at radius 1 is 1.14 bits per heavy atom. The summed E-state index contributed by atoms with van der Waals surface area (Å²) in [4.78, 5) is 0. The summed E-state index contributed by atoms with van der Waals surface area (Å²) in [5, 5.41) is 0. The Morgan fingerprint density at radius 2 is 1.55 bits per heavy atom. The van der Waals surface area contributed by atoms with E-state index in [1.54, 1.807) is 0 Å². The van der Waals surface area contributed by atoms with Crippen molar-refractivity contribution in [2.24, 2.45) is 0 Å². The summed E-state index contributed by atoms with van der Waals surface area (Å²) >= 11 is 0. The zero-order valence-electron chi connectivity index (χ0n) is 12.3. The van der Waals surface area contributed by atoms with Gasteiger partial charge in [0.1, 0.15) is 0 Å². The molecule has 0 atom stereocenters. The van der Waals surface area contributed by atoms with Gasteiger partial charge in [-0.25, -0.2) is 0 Å². The van der Waals surface area contributed by atoms with E-state index >= 15 is 0 Å². The van der Waals surface area contributed by atoms with E-state index < -0.39 is 68.5 Å². The summed E-state index contributed by atoms with van der Waals surface area (Å²) in [6, 6.07) is 0. The predicted octanol–water partition coefficient (Wildman–Crippen LogP) is -1.71. The first-order chi connectivity index (χ1) is 9.28. The molecule has 1 rings (SSSR count). The Kier molecular flexibility index (Phi) is 8.18. The van der Waals surface area contributed by atoms with Gasteiger partial charge in [-0.2, -0.15) is 25.3 Å². The van der Waals surface area contributed by atoms with Gasteiger partial charge in [0.25, 0.3) is 30.4 Å². The Balaban J connectivity index is 0.00000441. The van der Waals surface area contributed by atoms with E-state index in [9.17, 15) is 25.3 Å². The SMILES string of the molecule is C[Si](C)(OCCS(=O)(=O)O)C1S(=O)(=O)OCCOS1(=O)=O.[Na]. The molecule has 0 amide bonds. The van der Waals surface area contributed by atoms with E-state index in [1.165, 1.54) is 13.1 Å². The van der Waals surface area contributed by atoms with E-state index in [4.69, 9.17) is 8.98 Å². The average Bonchev–Trinajstić information content (AvgIpc) is 2.30. The molecule has 0 saturated carbocycles. The van der Waals surface area contributed by atoms with Crippen molar-refractivity contribution >= 4 is 68.2 Å². The maximum atomic E-state index is 11.9. The Labute approximate surface area is 152 Å². The summed E-state index contributed by atoms with van der Waals surface area (Å²) in [5.74, 6) is -0.780. The molecule has 1 saturated heterocycles. The zero-order chi connectivity index (χ0) is 16.5. The van der Waals surface area contributed by atoms with E-state index in [-0.39, 0.29) is 29.6 Å². The monoisotopic (exact) mass is 407 g/mol. The molecule has 1 aliphatic rings. The minimum Gasteiger partial charge on any atom is -0.414 e. The maximum absolute atomic E-state index is 11.9. The molecule has 0 bridgehead atoms. The van der Waals surface area contributed by atoms with Crippen LogP contribution in [0, 0.1) is 0 Å². The van der Waals surface area contributed by atoms with Crippen LogP contribution in [0.15, 0.2) is 0 Å². The molecule has 1 fully saturated rings. The molecule has 15 heteroatoms. The third-order valence-corrected chi connectivity index (χ3v) is 13.8. The van der Waals surface area contributed by atoms with Crippen molar-refractivity contribution in [3.63, 3.8) is 0 Å². The third kappa shape index (κ3) is 6.43. The van der Waals surface area contributed by atoms with E-state index in [1.807, 2.05) is 0 Å². The topological polar surface area (TPSA) is 150 Å². The van der Waals surface area contributed by atoms with Crippen LogP contribution in [-0.4, -0.2) is 97.5 Å². The Hall–Kier alpha value is 0.907. The third-order valence-electron chi connectivity index (χ3n) is 2.49. The molecule has 0 aromatic heterocycles. The first kappa shape index (κ1) is 22.9. The van der Waals surface area contributed by atoms with Crippen molar-refractivity contribution in [3.05, 3.63) is 0 Å². The predicted molar refractivity (Wildman–Crippen MR) is 79.1 cm³/mol. The van der Waals surface area contributed by atoms with Crippen LogP contribution in [0.4, 0.5) is 0 Å². The Bertz CT molecular complexity index is 646. The second-order valence-electron chi connectivity index (χ2n) is 4.70. The average molecular weight is 407 g/mol. The fraction of sp³-hybridized carbons (Fsp3) is 1.00. The molecule has 1 heterocycles. The molecular weight excluding hydrogens is 391 g/mol. The summed E-state index contributed by atoms with van der Waals surface area (Å²) in [6.07, 6.45) is 0. The minimum atomic E-state index is -4.48. The fourth-order valence-electron chi connectivity index (χ4n) is 1.74. The summed E-state index contributed by atoms with van der Waals surface area (Å²) in [7, 11) is -16.8. The van der Waals surface area contributed by atoms with E-state index in [0.29, 0.717) is 0 Å². The summed E-state index contributed by atoms with van der Waals surface area (Å²) in [6.45, 7) is 1.13. The smallest absolute Gasteiger partial charge is 0.287 e. The van der Waals surface area contributed by atoms with Crippen LogP contribution in [0.2, 0.25) is 13.1 Å². The van der Waals surface area contributed by atoms with Gasteiger partial charge in [0.05, 0.1) is 25.6 Å². The van der Waals surface area contributed by atoms with Crippen LogP contribution >= 0.6 is 0 Å². The molecule has 1 N–H and O–H groups in total. The van der Waals surface area contributed by atoms with Crippen molar-refractivity contribution in [1.82, 2.24) is 0 Å². The first-order valence-electron chi connectivity index (χ1n) is 5.63. The van der Waals surface area contributed by atoms with Crippen LogP contribution < -0.4 is 0 Å². The van der Waals surface area contributed by atoms with E-state index in [2.05, 4.69) is 8.37 Å². The van der Waals surface area contributed by atoms with Gasteiger partial charge in [-0.05, 0) is 13.1 Å². The van der Waals surface area contributed by atoms with Gasteiger partial charge in [0.2, 0.25) is 12.5 Å². The van der Waals surface area contributed by atoms with Gasteiger partial charge < -0.3 is 4.43 Å². The second kappa shape index (κ2) is 7.86. The molecule has 0 aromatic rings. The van der Waals surface area contributed by atoms with Crippen molar-refractivity contribution in [2.75, 3.05) is 25.6 Å². The molecule has 0 aromatic carbocycles. The van der Waals surface area contributed by atoms with Crippen molar-refractivity contribution in [3.8, 4) is 0 Å². The van der Waals surface area contributed by atoms with Gasteiger partial charge in [0, 0.05) is 29.6 Å². The molecular formula is C7H16NaO10S3Si. The maximum Gasteiger partial charge on any atom is 0.287 e. The quantitative estimate of drug-likeness (QED) is 0.317. The van der Waals surface area contributed by atoms with Crippen LogP contribution in [0.25, 0.3) is 0 Å². The largest absolute Gasteiger partial charge is 0.414 e. The number of rotatable bonds is 5. The van der Waals surface area contributed by atoms with Gasteiger partial charge in [0.15, 0.2) is 0 Å². The molecule has 22 heavy (non-hydrogen) atoms. The second-order valence-corrected chi connectivity index (χ2v) is 14.9. The summed E-state index contributed by atoms with van der Waals surface area (Å²) < 4.78 is 89.7. The van der Waals surface area contributed by atoms with Crippen LogP contribution in [0.5, 0.6) is 0 Å². The van der Waals surface area contributed by atoms with Crippen molar-refractivity contribution in [2.45, 2.75) is 17.3 Å². The van der Waals surface area contributed by atoms with Crippen LogP contribution in [-0.2, 0) is 43.1 Å².